The molecule has 0 saturated carbocycles. The van der Waals surface area contributed by atoms with Crippen LogP contribution in [-0.4, -0.2) is 25.5 Å². The first kappa shape index (κ1) is 17.7. The van der Waals surface area contributed by atoms with Crippen LogP contribution in [0.15, 0.2) is 36.5 Å². The van der Waals surface area contributed by atoms with Gasteiger partial charge in [0.05, 0.1) is 5.69 Å². The molecule has 1 aromatic carbocycles. The van der Waals surface area contributed by atoms with Crippen LogP contribution in [0.4, 0.5) is 5.69 Å². The summed E-state index contributed by atoms with van der Waals surface area (Å²) in [5.74, 6) is -0.167. The van der Waals surface area contributed by atoms with Crippen molar-refractivity contribution in [3.63, 3.8) is 0 Å². The molecule has 0 spiro atoms. The van der Waals surface area contributed by atoms with E-state index in [4.69, 9.17) is 0 Å². The van der Waals surface area contributed by atoms with E-state index in [0.29, 0.717) is 4.88 Å². The molecule has 0 bridgehead atoms. The number of aryl methyl sites for hydroxylation is 1. The van der Waals surface area contributed by atoms with E-state index in [-0.39, 0.29) is 5.91 Å². The molecule has 0 radical (unpaired) electrons. The Labute approximate surface area is 164 Å². The van der Waals surface area contributed by atoms with Crippen molar-refractivity contribution >= 4 is 44.8 Å². The predicted molar refractivity (Wildman–Crippen MR) is 109 cm³/mol. The van der Waals surface area contributed by atoms with Crippen molar-refractivity contribution in [1.82, 2.24) is 19.6 Å². The molecule has 136 valence electrons. The van der Waals surface area contributed by atoms with Crippen molar-refractivity contribution in [2.75, 3.05) is 5.32 Å². The number of nitrogens with zero attached hydrogens (tertiary/aromatic N) is 4. The van der Waals surface area contributed by atoms with Crippen LogP contribution >= 0.6 is 22.9 Å². The van der Waals surface area contributed by atoms with E-state index in [1.54, 1.807) is 17.5 Å². The van der Waals surface area contributed by atoms with Gasteiger partial charge in [-0.05, 0) is 48.6 Å². The number of nitrogens with one attached hydrogen (secondary N) is 1. The average molecular weight is 396 g/mol. The minimum absolute atomic E-state index is 0.167. The highest BCUT2D eigenvalue weighted by molar-refractivity contribution is 7.21. The number of rotatable bonds is 5. The van der Waals surface area contributed by atoms with Gasteiger partial charge < -0.3 is 5.32 Å². The summed E-state index contributed by atoms with van der Waals surface area (Å²) >= 11 is 2.68. The van der Waals surface area contributed by atoms with Gasteiger partial charge in [0.2, 0.25) is 0 Å². The molecule has 0 fully saturated rings. The Hall–Kier alpha value is -2.71. The maximum absolute atomic E-state index is 12.7. The van der Waals surface area contributed by atoms with E-state index >= 15 is 0 Å². The van der Waals surface area contributed by atoms with E-state index in [1.807, 2.05) is 37.3 Å². The van der Waals surface area contributed by atoms with Gasteiger partial charge in [-0.15, -0.1) is 5.10 Å². The molecular formula is C19H17N5OS2. The average Bonchev–Trinajstić information content (AvgIpc) is 3.30. The van der Waals surface area contributed by atoms with Crippen LogP contribution in [0.25, 0.3) is 20.9 Å². The fraction of sp³-hybridized carbons (Fsp3) is 0.211. The number of pyridine rings is 1. The standard InChI is InChI=1S/C19H17N5OS2/c1-3-6-14-16(27-24-23-14)17(25)21-13-8-4-7-12(11(13)2)18-22-15-9-5-10-20-19(15)26-18/h4-5,7-10H,3,6H2,1-2H3,(H,21,25). The topological polar surface area (TPSA) is 80.7 Å². The van der Waals surface area contributed by atoms with E-state index in [0.717, 1.165) is 62.2 Å². The lowest BCUT2D eigenvalue weighted by Gasteiger charge is -2.11. The van der Waals surface area contributed by atoms with Crippen LogP contribution in [-0.2, 0) is 6.42 Å². The third-order valence-electron chi connectivity index (χ3n) is 4.23. The highest BCUT2D eigenvalue weighted by atomic mass is 32.1. The van der Waals surface area contributed by atoms with Gasteiger partial charge in [0, 0.05) is 17.4 Å². The largest absolute Gasteiger partial charge is 0.321 e. The zero-order valence-corrected chi connectivity index (χ0v) is 16.5. The van der Waals surface area contributed by atoms with E-state index < -0.39 is 0 Å². The molecule has 1 N–H and O–H groups in total. The number of thiazole rings is 1. The van der Waals surface area contributed by atoms with Crippen LogP contribution in [0.1, 0.15) is 34.3 Å². The summed E-state index contributed by atoms with van der Waals surface area (Å²) in [6, 6.07) is 9.67. The van der Waals surface area contributed by atoms with Crippen LogP contribution in [0.5, 0.6) is 0 Å². The van der Waals surface area contributed by atoms with Gasteiger partial charge in [-0.2, -0.15) is 0 Å². The lowest BCUT2D eigenvalue weighted by atomic mass is 10.1. The maximum atomic E-state index is 12.7. The summed E-state index contributed by atoms with van der Waals surface area (Å²) < 4.78 is 3.93. The molecule has 1 amide bonds. The van der Waals surface area contributed by atoms with Crippen LogP contribution in [0.2, 0.25) is 0 Å². The minimum Gasteiger partial charge on any atom is -0.321 e. The summed E-state index contributed by atoms with van der Waals surface area (Å²) in [5.41, 5.74) is 4.37. The number of anilines is 1. The quantitative estimate of drug-likeness (QED) is 0.529. The number of hydrogen-bond acceptors (Lipinski definition) is 7. The Bertz CT molecular complexity index is 1090. The van der Waals surface area contributed by atoms with E-state index in [2.05, 4.69) is 31.8 Å². The van der Waals surface area contributed by atoms with Crippen LogP contribution in [0, 0.1) is 6.92 Å². The van der Waals surface area contributed by atoms with Gasteiger partial charge in [-0.25, -0.2) is 9.97 Å². The maximum Gasteiger partial charge on any atom is 0.269 e. The number of fused-ring (bicyclic) bond motifs is 1. The first-order valence-electron chi connectivity index (χ1n) is 8.61. The molecular weight excluding hydrogens is 378 g/mol. The van der Waals surface area contributed by atoms with Crippen molar-refractivity contribution in [2.24, 2.45) is 0 Å². The molecule has 27 heavy (non-hydrogen) atoms. The van der Waals surface area contributed by atoms with Gasteiger partial charge in [-0.1, -0.05) is 41.3 Å². The Morgan fingerprint density at radius 1 is 1.22 bits per heavy atom. The molecule has 3 aromatic heterocycles. The summed E-state index contributed by atoms with van der Waals surface area (Å²) in [4.78, 5) is 23.2. The Balaban J connectivity index is 1.65. The highest BCUT2D eigenvalue weighted by Gasteiger charge is 2.18. The highest BCUT2D eigenvalue weighted by Crippen LogP contribution is 2.33. The predicted octanol–water partition coefficient (Wildman–Crippen LogP) is 4.72. The van der Waals surface area contributed by atoms with Crippen molar-refractivity contribution < 1.29 is 4.79 Å². The third-order valence-corrected chi connectivity index (χ3v) is 6.01. The Kier molecular flexibility index (Phi) is 4.91. The fourth-order valence-corrected chi connectivity index (χ4v) is 4.44. The third kappa shape index (κ3) is 3.45. The zero-order chi connectivity index (χ0) is 18.8. The lowest BCUT2D eigenvalue weighted by Crippen LogP contribution is -2.13. The van der Waals surface area contributed by atoms with E-state index in [1.165, 1.54) is 0 Å². The first-order valence-corrected chi connectivity index (χ1v) is 10.2. The van der Waals surface area contributed by atoms with Crippen molar-refractivity contribution in [1.29, 1.82) is 0 Å². The Morgan fingerprint density at radius 3 is 2.93 bits per heavy atom. The summed E-state index contributed by atoms with van der Waals surface area (Å²) in [7, 11) is 0. The molecule has 0 unspecified atom stereocenters. The molecule has 0 saturated heterocycles. The van der Waals surface area contributed by atoms with Gasteiger partial charge in [0.15, 0.2) is 0 Å². The van der Waals surface area contributed by atoms with Crippen LogP contribution < -0.4 is 5.32 Å². The second-order valence-corrected chi connectivity index (χ2v) is 7.81. The SMILES string of the molecule is CCCc1nnsc1C(=O)Nc1cccc(-c2nc3cccnc3s2)c1C. The summed E-state index contributed by atoms with van der Waals surface area (Å²) in [5, 5.41) is 7.97. The number of carbonyl (C=O) groups excluding carboxylic acids is 1. The number of carbonyl (C=O) groups is 1. The molecule has 0 atom stereocenters. The Morgan fingerprint density at radius 2 is 2.11 bits per heavy atom. The number of hydrogen-bond donors (Lipinski definition) is 1. The molecule has 0 aliphatic heterocycles. The fourth-order valence-electron chi connectivity index (χ4n) is 2.85. The second kappa shape index (κ2) is 7.50. The summed E-state index contributed by atoms with van der Waals surface area (Å²) in [6.45, 7) is 4.05. The van der Waals surface area contributed by atoms with Gasteiger partial charge in [0.1, 0.15) is 20.2 Å². The van der Waals surface area contributed by atoms with Gasteiger partial charge >= 0.3 is 0 Å². The van der Waals surface area contributed by atoms with Gasteiger partial charge in [0.25, 0.3) is 5.91 Å². The first-order chi connectivity index (χ1) is 13.2. The normalized spacial score (nSPS) is 11.0. The molecule has 0 aliphatic rings. The molecule has 0 aliphatic carbocycles. The molecule has 3 heterocycles. The smallest absolute Gasteiger partial charge is 0.269 e. The van der Waals surface area contributed by atoms with Crippen molar-refractivity contribution in [2.45, 2.75) is 26.7 Å². The number of benzene rings is 1. The molecule has 8 heteroatoms. The lowest BCUT2D eigenvalue weighted by molar-refractivity contribution is 0.102. The monoisotopic (exact) mass is 395 g/mol. The minimum atomic E-state index is -0.167. The number of amides is 1. The van der Waals surface area contributed by atoms with Crippen molar-refractivity contribution in [3.05, 3.63) is 52.7 Å². The van der Waals surface area contributed by atoms with Crippen molar-refractivity contribution in [3.8, 4) is 10.6 Å². The van der Waals surface area contributed by atoms with Gasteiger partial charge in [-0.3, -0.25) is 4.79 Å². The molecule has 6 nitrogen and oxygen atoms in total. The second-order valence-electron chi connectivity index (χ2n) is 6.08. The molecule has 4 rings (SSSR count). The van der Waals surface area contributed by atoms with Crippen LogP contribution in [0.3, 0.4) is 0 Å². The number of aromatic nitrogens is 4. The van der Waals surface area contributed by atoms with E-state index in [9.17, 15) is 4.79 Å². The molecule has 4 aromatic rings. The zero-order valence-electron chi connectivity index (χ0n) is 14.9. The summed E-state index contributed by atoms with van der Waals surface area (Å²) in [6.07, 6.45) is 3.44.